The third-order valence-corrected chi connectivity index (χ3v) is 3.15. The van der Waals surface area contributed by atoms with Gasteiger partial charge in [0.1, 0.15) is 0 Å². The van der Waals surface area contributed by atoms with Crippen LogP contribution in [0.3, 0.4) is 0 Å². The Bertz CT molecular complexity index is 310. The summed E-state index contributed by atoms with van der Waals surface area (Å²) in [6.07, 6.45) is 0.886. The van der Waals surface area contributed by atoms with Crippen molar-refractivity contribution in [3.63, 3.8) is 0 Å². The molecule has 0 bridgehead atoms. The number of cyclic esters (lactones) is 2. The van der Waals surface area contributed by atoms with Crippen LogP contribution in [0.4, 0.5) is 0 Å². The Morgan fingerprint density at radius 2 is 1.56 bits per heavy atom. The van der Waals surface area contributed by atoms with Crippen molar-refractivity contribution in [2.75, 3.05) is 0 Å². The SMILES string of the molecule is CC1C(=O)OC(=O)C1C(C)(C)CC(C)(C)C. The van der Waals surface area contributed by atoms with Gasteiger partial charge in [0.25, 0.3) is 0 Å². The van der Waals surface area contributed by atoms with E-state index >= 15 is 0 Å². The highest BCUT2D eigenvalue weighted by atomic mass is 16.6. The molecule has 1 aliphatic rings. The first-order valence-electron chi connectivity index (χ1n) is 5.80. The van der Waals surface area contributed by atoms with Crippen LogP contribution in [0.2, 0.25) is 0 Å². The summed E-state index contributed by atoms with van der Waals surface area (Å²) in [5.41, 5.74) is -0.0734. The van der Waals surface area contributed by atoms with Crippen LogP contribution in [-0.2, 0) is 14.3 Å². The Morgan fingerprint density at radius 1 is 1.06 bits per heavy atom. The molecule has 0 spiro atoms. The van der Waals surface area contributed by atoms with Crippen molar-refractivity contribution in [2.24, 2.45) is 22.7 Å². The Labute approximate surface area is 97.5 Å². The van der Waals surface area contributed by atoms with Crippen molar-refractivity contribution < 1.29 is 14.3 Å². The molecular weight excluding hydrogens is 204 g/mol. The molecule has 3 nitrogen and oxygen atoms in total. The quantitative estimate of drug-likeness (QED) is 0.537. The zero-order chi connectivity index (χ0) is 12.7. The summed E-state index contributed by atoms with van der Waals surface area (Å²) < 4.78 is 4.71. The van der Waals surface area contributed by atoms with Gasteiger partial charge < -0.3 is 4.74 Å². The van der Waals surface area contributed by atoms with Crippen molar-refractivity contribution >= 4 is 11.9 Å². The molecule has 92 valence electrons. The lowest BCUT2D eigenvalue weighted by molar-refractivity contribution is -0.154. The van der Waals surface area contributed by atoms with Crippen LogP contribution < -0.4 is 0 Å². The number of carbonyl (C=O) groups excluding carboxylic acids is 2. The molecule has 0 aliphatic carbocycles. The van der Waals surface area contributed by atoms with Gasteiger partial charge >= 0.3 is 11.9 Å². The number of rotatable bonds is 2. The highest BCUT2D eigenvalue weighted by Crippen LogP contribution is 2.45. The first-order valence-corrected chi connectivity index (χ1v) is 5.80. The largest absolute Gasteiger partial charge is 0.393 e. The summed E-state index contributed by atoms with van der Waals surface area (Å²) >= 11 is 0. The van der Waals surface area contributed by atoms with Gasteiger partial charge in [-0.2, -0.15) is 0 Å². The van der Waals surface area contributed by atoms with E-state index < -0.39 is 0 Å². The van der Waals surface area contributed by atoms with Gasteiger partial charge in [-0.3, -0.25) is 9.59 Å². The van der Waals surface area contributed by atoms with Crippen LogP contribution in [0.1, 0.15) is 48.0 Å². The van der Waals surface area contributed by atoms with Gasteiger partial charge in [0.05, 0.1) is 11.8 Å². The molecule has 0 N–H and O–H groups in total. The van der Waals surface area contributed by atoms with Gasteiger partial charge in [0, 0.05) is 0 Å². The van der Waals surface area contributed by atoms with E-state index in [9.17, 15) is 9.59 Å². The van der Waals surface area contributed by atoms with Gasteiger partial charge in [-0.05, 0) is 17.3 Å². The van der Waals surface area contributed by atoms with E-state index in [1.54, 1.807) is 6.92 Å². The molecule has 1 heterocycles. The topological polar surface area (TPSA) is 43.4 Å². The fourth-order valence-corrected chi connectivity index (χ4v) is 3.07. The second-order valence-corrected chi connectivity index (χ2v) is 6.73. The zero-order valence-electron chi connectivity index (χ0n) is 11.1. The lowest BCUT2D eigenvalue weighted by Gasteiger charge is -2.36. The lowest BCUT2D eigenvalue weighted by atomic mass is 9.66. The Hall–Kier alpha value is -0.860. The first-order chi connectivity index (χ1) is 7.04. The fraction of sp³-hybridized carbons (Fsp3) is 0.846. The number of hydrogen-bond acceptors (Lipinski definition) is 3. The molecule has 0 aromatic carbocycles. The summed E-state index contributed by atoms with van der Waals surface area (Å²) in [7, 11) is 0. The van der Waals surface area contributed by atoms with Crippen LogP contribution in [0, 0.1) is 22.7 Å². The summed E-state index contributed by atoms with van der Waals surface area (Å²) in [6.45, 7) is 12.3. The van der Waals surface area contributed by atoms with Crippen LogP contribution in [0.5, 0.6) is 0 Å². The molecule has 3 heteroatoms. The second kappa shape index (κ2) is 3.86. The van der Waals surface area contributed by atoms with Crippen molar-refractivity contribution in [1.82, 2.24) is 0 Å². The molecule has 2 unspecified atom stereocenters. The van der Waals surface area contributed by atoms with Crippen LogP contribution in [0.25, 0.3) is 0 Å². The van der Waals surface area contributed by atoms with E-state index in [0.717, 1.165) is 6.42 Å². The predicted octanol–water partition coefficient (Wildman–Crippen LogP) is 2.78. The minimum atomic E-state index is -0.378. The summed E-state index contributed by atoms with van der Waals surface area (Å²) in [5.74, 6) is -1.35. The molecule has 1 fully saturated rings. The lowest BCUT2D eigenvalue weighted by Crippen LogP contribution is -2.35. The molecule has 0 saturated carbocycles. The van der Waals surface area contributed by atoms with E-state index in [0.29, 0.717) is 0 Å². The highest BCUT2D eigenvalue weighted by Gasteiger charge is 2.50. The molecule has 1 rings (SSSR count). The molecule has 0 radical (unpaired) electrons. The van der Waals surface area contributed by atoms with Gasteiger partial charge in [0.2, 0.25) is 0 Å². The summed E-state index contributed by atoms with van der Waals surface area (Å²) in [4.78, 5) is 23.0. The van der Waals surface area contributed by atoms with Crippen molar-refractivity contribution in [3.8, 4) is 0 Å². The van der Waals surface area contributed by atoms with Gasteiger partial charge in [0.15, 0.2) is 0 Å². The third kappa shape index (κ3) is 2.63. The number of carbonyl (C=O) groups is 2. The molecule has 0 aromatic heterocycles. The number of hydrogen-bond donors (Lipinski definition) is 0. The molecule has 1 saturated heterocycles. The Kier molecular flexibility index (Phi) is 3.19. The minimum Gasteiger partial charge on any atom is -0.393 e. The minimum absolute atomic E-state index is 0.134. The highest BCUT2D eigenvalue weighted by molar-refractivity contribution is 5.96. The maximum Gasteiger partial charge on any atom is 0.318 e. The average Bonchev–Trinajstić information content (AvgIpc) is 2.20. The van der Waals surface area contributed by atoms with Crippen LogP contribution in [0.15, 0.2) is 0 Å². The van der Waals surface area contributed by atoms with E-state index in [1.807, 2.05) is 13.8 Å². The monoisotopic (exact) mass is 226 g/mol. The van der Waals surface area contributed by atoms with Crippen LogP contribution in [-0.4, -0.2) is 11.9 Å². The normalized spacial score (nSPS) is 27.1. The van der Waals surface area contributed by atoms with Gasteiger partial charge in [-0.15, -0.1) is 0 Å². The maximum atomic E-state index is 11.7. The molecular formula is C13H22O3. The van der Waals surface area contributed by atoms with Gasteiger partial charge in [-0.25, -0.2) is 0 Å². The smallest absolute Gasteiger partial charge is 0.318 e. The van der Waals surface area contributed by atoms with Crippen molar-refractivity contribution in [2.45, 2.75) is 48.0 Å². The predicted molar refractivity (Wildman–Crippen MR) is 61.6 cm³/mol. The van der Waals surface area contributed by atoms with Crippen LogP contribution >= 0.6 is 0 Å². The van der Waals surface area contributed by atoms with Gasteiger partial charge in [-0.1, -0.05) is 41.5 Å². The molecule has 1 aliphatic heterocycles. The Balaban J connectivity index is 2.91. The third-order valence-electron chi connectivity index (χ3n) is 3.15. The van der Waals surface area contributed by atoms with Crippen molar-refractivity contribution in [1.29, 1.82) is 0 Å². The number of ether oxygens (including phenoxy) is 1. The zero-order valence-corrected chi connectivity index (χ0v) is 11.1. The maximum absolute atomic E-state index is 11.7. The second-order valence-electron chi connectivity index (χ2n) is 6.73. The fourth-order valence-electron chi connectivity index (χ4n) is 3.07. The summed E-state index contributed by atoms with van der Waals surface area (Å²) in [5, 5.41) is 0. The van der Waals surface area contributed by atoms with Crippen molar-refractivity contribution in [3.05, 3.63) is 0 Å². The molecule has 0 aromatic rings. The van der Waals surface area contributed by atoms with E-state index in [2.05, 4.69) is 20.8 Å². The molecule has 0 amide bonds. The van der Waals surface area contributed by atoms with E-state index in [4.69, 9.17) is 4.74 Å². The molecule has 16 heavy (non-hydrogen) atoms. The first kappa shape index (κ1) is 13.2. The average molecular weight is 226 g/mol. The van der Waals surface area contributed by atoms with E-state index in [-0.39, 0.29) is 34.6 Å². The Morgan fingerprint density at radius 3 is 1.88 bits per heavy atom. The van der Waals surface area contributed by atoms with E-state index in [1.165, 1.54) is 0 Å². The number of esters is 2. The molecule has 2 atom stereocenters. The summed E-state index contributed by atoms with van der Waals surface area (Å²) in [6, 6.07) is 0. The standard InChI is InChI=1S/C13H22O3/c1-8-9(11(15)16-10(8)14)13(5,6)7-12(2,3)4/h8-9H,7H2,1-6H3.